The number of rotatable bonds is 1. The van der Waals surface area contributed by atoms with E-state index in [0.717, 1.165) is 0 Å². The maximum Gasteiger partial charge on any atom is 0.285 e. The second-order valence-electron chi connectivity index (χ2n) is 2.59. The number of hydrogen-bond donors (Lipinski definition) is 3. The molecule has 0 saturated carbocycles. The average molecular weight is 162 g/mol. The van der Waals surface area contributed by atoms with Crippen LogP contribution in [-0.4, -0.2) is 39.8 Å². The Kier molecular flexibility index (Phi) is 2.24. The van der Waals surface area contributed by atoms with Crippen molar-refractivity contribution in [3.05, 3.63) is 0 Å². The molecule has 1 aliphatic heterocycles. The molecule has 0 spiro atoms. The fourth-order valence-corrected chi connectivity index (χ4v) is 1.04. The molecule has 0 radical (unpaired) electrons. The van der Waals surface area contributed by atoms with Gasteiger partial charge in [0, 0.05) is 6.42 Å². The van der Waals surface area contributed by atoms with Gasteiger partial charge in [-0.2, -0.15) is 0 Å². The lowest BCUT2D eigenvalue weighted by Crippen LogP contribution is -2.45. The first-order chi connectivity index (χ1) is 5.03. The van der Waals surface area contributed by atoms with E-state index in [1.165, 1.54) is 0 Å². The molecule has 1 fully saturated rings. The molecule has 64 valence electrons. The van der Waals surface area contributed by atoms with Crippen LogP contribution >= 0.6 is 0 Å². The largest absolute Gasteiger partial charge is 0.394 e. The van der Waals surface area contributed by atoms with Gasteiger partial charge in [-0.1, -0.05) is 0 Å². The van der Waals surface area contributed by atoms with Gasteiger partial charge in [-0.25, -0.2) is 0 Å². The topological polar surface area (TPSA) is 87.0 Å². The Morgan fingerprint density at radius 2 is 2.27 bits per heavy atom. The van der Waals surface area contributed by atoms with Crippen LogP contribution in [0.5, 0.6) is 0 Å². The Labute approximate surface area is 63.2 Å². The van der Waals surface area contributed by atoms with Crippen LogP contribution in [0.3, 0.4) is 0 Å². The van der Waals surface area contributed by atoms with Crippen molar-refractivity contribution < 1.29 is 24.9 Å². The predicted molar refractivity (Wildman–Crippen MR) is 33.4 cm³/mol. The van der Waals surface area contributed by atoms with Crippen LogP contribution in [0.1, 0.15) is 12.8 Å². The van der Waals surface area contributed by atoms with Gasteiger partial charge in [-0.05, 0) is 0 Å². The van der Waals surface area contributed by atoms with Crippen LogP contribution in [0.15, 0.2) is 0 Å². The molecule has 0 aromatic carbocycles. The molecule has 0 amide bonds. The molecular weight excluding hydrogens is 152 g/mol. The van der Waals surface area contributed by atoms with Crippen LogP contribution in [0.2, 0.25) is 0 Å². The fourth-order valence-electron chi connectivity index (χ4n) is 1.04. The molecule has 1 rings (SSSR count). The van der Waals surface area contributed by atoms with E-state index in [0.29, 0.717) is 0 Å². The minimum Gasteiger partial charge on any atom is -0.394 e. The molecule has 0 bridgehead atoms. The number of hydrogen-bond acceptors (Lipinski definition) is 5. The Balaban J connectivity index is 2.58. The number of ketones is 1. The summed E-state index contributed by atoms with van der Waals surface area (Å²) >= 11 is 0. The van der Waals surface area contributed by atoms with Gasteiger partial charge >= 0.3 is 0 Å². The number of carbonyl (C=O) groups excluding carboxylic acids is 1. The maximum absolute atomic E-state index is 10.7. The van der Waals surface area contributed by atoms with Gasteiger partial charge in [0.25, 0.3) is 5.97 Å². The molecule has 11 heavy (non-hydrogen) atoms. The Hall–Kier alpha value is -0.490. The number of aliphatic hydroxyl groups is 3. The summed E-state index contributed by atoms with van der Waals surface area (Å²) in [6.45, 7) is -0.380. The van der Waals surface area contributed by atoms with Crippen LogP contribution in [0, 0.1) is 0 Å². The third-order valence-corrected chi connectivity index (χ3v) is 1.44. The summed E-state index contributed by atoms with van der Waals surface area (Å²) in [6.07, 6.45) is -1.17. The molecule has 5 heteroatoms. The number of ether oxygens (including phenoxy) is 1. The highest BCUT2D eigenvalue weighted by Crippen LogP contribution is 2.21. The van der Waals surface area contributed by atoms with Crippen LogP contribution < -0.4 is 0 Å². The third-order valence-electron chi connectivity index (χ3n) is 1.44. The standard InChI is InChI=1S/C6H10O5/c7-3-5-1-4(8)2-6(9,10)11-5/h5,7,9-10H,1-3H2. The second-order valence-corrected chi connectivity index (χ2v) is 2.59. The average Bonchev–Trinajstić information content (AvgIpc) is 1.83. The maximum atomic E-state index is 10.7. The van der Waals surface area contributed by atoms with Crippen molar-refractivity contribution in [2.45, 2.75) is 24.9 Å². The molecule has 1 atom stereocenters. The van der Waals surface area contributed by atoms with Crippen molar-refractivity contribution in [2.24, 2.45) is 0 Å². The van der Waals surface area contributed by atoms with Crippen LogP contribution in [0.25, 0.3) is 0 Å². The smallest absolute Gasteiger partial charge is 0.285 e. The lowest BCUT2D eigenvalue weighted by Gasteiger charge is -2.30. The Morgan fingerprint density at radius 1 is 1.64 bits per heavy atom. The highest BCUT2D eigenvalue weighted by Gasteiger charge is 2.37. The molecule has 0 aromatic rings. The first-order valence-corrected chi connectivity index (χ1v) is 3.28. The van der Waals surface area contributed by atoms with Gasteiger partial charge < -0.3 is 20.1 Å². The van der Waals surface area contributed by atoms with Crippen LogP contribution in [-0.2, 0) is 9.53 Å². The highest BCUT2D eigenvalue weighted by molar-refractivity contribution is 5.80. The number of carbonyl (C=O) groups is 1. The van der Waals surface area contributed by atoms with Gasteiger partial charge in [0.15, 0.2) is 0 Å². The Morgan fingerprint density at radius 3 is 2.73 bits per heavy atom. The van der Waals surface area contributed by atoms with Crippen molar-refractivity contribution in [1.29, 1.82) is 0 Å². The predicted octanol–water partition coefficient (Wildman–Crippen LogP) is -1.63. The summed E-state index contributed by atoms with van der Waals surface area (Å²) in [5.74, 6) is -2.71. The van der Waals surface area contributed by atoms with E-state index in [1.54, 1.807) is 0 Å². The lowest BCUT2D eigenvalue weighted by atomic mass is 10.1. The van der Waals surface area contributed by atoms with Crippen molar-refractivity contribution in [3.8, 4) is 0 Å². The second kappa shape index (κ2) is 2.86. The first-order valence-electron chi connectivity index (χ1n) is 3.28. The summed E-state index contributed by atoms with van der Waals surface area (Å²) in [5, 5.41) is 26.2. The van der Waals surface area contributed by atoms with Gasteiger partial charge in [-0.3, -0.25) is 4.79 Å². The van der Waals surface area contributed by atoms with Crippen molar-refractivity contribution in [2.75, 3.05) is 6.61 Å². The van der Waals surface area contributed by atoms with E-state index in [-0.39, 0.29) is 18.8 Å². The zero-order valence-electron chi connectivity index (χ0n) is 5.86. The SMILES string of the molecule is O=C1CC(CO)OC(O)(O)C1. The van der Waals surface area contributed by atoms with Gasteiger partial charge in [0.1, 0.15) is 5.78 Å². The van der Waals surface area contributed by atoms with Gasteiger partial charge in [0.2, 0.25) is 0 Å². The summed E-state index contributed by atoms with van der Waals surface area (Å²) in [4.78, 5) is 10.7. The van der Waals surface area contributed by atoms with Gasteiger partial charge in [-0.15, -0.1) is 0 Å². The van der Waals surface area contributed by atoms with E-state index in [2.05, 4.69) is 4.74 Å². The minimum absolute atomic E-state index is 0.0410. The summed E-state index contributed by atoms with van der Waals surface area (Å²) in [6, 6.07) is 0. The summed E-state index contributed by atoms with van der Waals surface area (Å²) in [7, 11) is 0. The van der Waals surface area contributed by atoms with Gasteiger partial charge in [0.05, 0.1) is 19.1 Å². The molecule has 1 aliphatic rings. The van der Waals surface area contributed by atoms with Crippen molar-refractivity contribution in [1.82, 2.24) is 0 Å². The zero-order valence-corrected chi connectivity index (χ0v) is 5.86. The monoisotopic (exact) mass is 162 g/mol. The molecule has 1 saturated heterocycles. The highest BCUT2D eigenvalue weighted by atomic mass is 16.8. The first kappa shape index (κ1) is 8.61. The molecule has 5 nitrogen and oxygen atoms in total. The molecule has 0 aliphatic carbocycles. The molecule has 0 aromatic heterocycles. The minimum atomic E-state index is -2.39. The normalized spacial score (nSPS) is 30.5. The third kappa shape index (κ3) is 2.23. The quantitative estimate of drug-likeness (QED) is 0.403. The van der Waals surface area contributed by atoms with Crippen molar-refractivity contribution in [3.63, 3.8) is 0 Å². The van der Waals surface area contributed by atoms with E-state index in [4.69, 9.17) is 15.3 Å². The molecule has 3 N–H and O–H groups in total. The summed E-state index contributed by atoms with van der Waals surface area (Å²) in [5.41, 5.74) is 0. The zero-order chi connectivity index (χ0) is 8.48. The van der Waals surface area contributed by atoms with E-state index in [1.807, 2.05) is 0 Å². The molecule has 1 heterocycles. The summed E-state index contributed by atoms with van der Waals surface area (Å²) < 4.78 is 4.53. The molecule has 1 unspecified atom stereocenters. The number of aliphatic hydroxyl groups excluding tert-OH is 1. The fraction of sp³-hybridized carbons (Fsp3) is 0.833. The lowest BCUT2D eigenvalue weighted by molar-refractivity contribution is -0.362. The number of Topliss-reactive ketones (excluding diaryl/α,β-unsaturated/α-hetero) is 1. The van der Waals surface area contributed by atoms with Crippen LogP contribution in [0.4, 0.5) is 0 Å². The van der Waals surface area contributed by atoms with E-state index < -0.39 is 18.5 Å². The van der Waals surface area contributed by atoms with E-state index >= 15 is 0 Å². The van der Waals surface area contributed by atoms with E-state index in [9.17, 15) is 4.79 Å². The van der Waals surface area contributed by atoms with Crippen molar-refractivity contribution >= 4 is 5.78 Å². The Bertz CT molecular complexity index is 164. The molecular formula is C6H10O5.